The van der Waals surface area contributed by atoms with Gasteiger partial charge in [0.1, 0.15) is 0 Å². The van der Waals surface area contributed by atoms with E-state index in [4.69, 9.17) is 9.84 Å². The summed E-state index contributed by atoms with van der Waals surface area (Å²) in [4.78, 5) is 15.3. The van der Waals surface area contributed by atoms with E-state index in [-0.39, 0.29) is 0 Å². The highest BCUT2D eigenvalue weighted by atomic mass is 16.5. The van der Waals surface area contributed by atoms with Crippen LogP contribution in [0.3, 0.4) is 0 Å². The summed E-state index contributed by atoms with van der Waals surface area (Å²) in [5.74, 6) is -0.193. The topological polar surface area (TPSA) is 63.8 Å². The molecule has 2 aromatic rings. The Labute approximate surface area is 105 Å². The van der Waals surface area contributed by atoms with Crippen LogP contribution in [0.5, 0.6) is 5.75 Å². The van der Waals surface area contributed by atoms with Crippen LogP contribution in [-0.4, -0.2) is 26.6 Å². The van der Waals surface area contributed by atoms with Gasteiger partial charge in [0.25, 0.3) is 0 Å². The smallest absolute Gasteiger partial charge is 0.344 e. The number of rotatable bonds is 4. The van der Waals surface area contributed by atoms with Gasteiger partial charge in [-0.3, -0.25) is 0 Å². The fraction of sp³-hybridized carbons (Fsp3) is 0.385. The highest BCUT2D eigenvalue weighted by molar-refractivity contribution is 5.72. The number of ether oxygens (including phenoxy) is 1. The first kappa shape index (κ1) is 12.4. The third kappa shape index (κ3) is 2.30. The monoisotopic (exact) mass is 248 g/mol. The summed E-state index contributed by atoms with van der Waals surface area (Å²) >= 11 is 0. The largest absolute Gasteiger partial charge is 0.479 e. The second kappa shape index (κ2) is 4.68. The van der Waals surface area contributed by atoms with Gasteiger partial charge >= 0.3 is 5.97 Å². The first-order valence-corrected chi connectivity index (χ1v) is 5.86. The molecule has 1 atom stereocenters. The number of aliphatic carboxylic acids is 1. The fourth-order valence-electron chi connectivity index (χ4n) is 1.62. The van der Waals surface area contributed by atoms with Crippen molar-refractivity contribution in [1.82, 2.24) is 9.38 Å². The summed E-state index contributed by atoms with van der Waals surface area (Å²) in [6.07, 6.45) is 2.90. The normalized spacial score (nSPS) is 12.9. The van der Waals surface area contributed by atoms with E-state index in [2.05, 4.69) is 18.8 Å². The van der Waals surface area contributed by atoms with Crippen LogP contribution < -0.4 is 4.74 Å². The van der Waals surface area contributed by atoms with Crippen molar-refractivity contribution >= 4 is 11.6 Å². The zero-order chi connectivity index (χ0) is 13.3. The minimum Gasteiger partial charge on any atom is -0.479 e. The minimum absolute atomic E-state index is 0.314. The van der Waals surface area contributed by atoms with Crippen LogP contribution in [0.15, 0.2) is 24.5 Å². The Bertz CT molecular complexity index is 575. The van der Waals surface area contributed by atoms with Crippen LogP contribution in [0.2, 0.25) is 0 Å². The average Bonchev–Trinajstić information content (AvgIpc) is 2.73. The van der Waals surface area contributed by atoms with Gasteiger partial charge in [-0.15, -0.1) is 0 Å². The lowest BCUT2D eigenvalue weighted by molar-refractivity contribution is -0.144. The number of carboxylic acids is 1. The molecule has 0 saturated carbocycles. The maximum atomic E-state index is 10.8. The molecule has 0 fully saturated rings. The number of fused-ring (bicyclic) bond motifs is 1. The molecule has 5 nitrogen and oxygen atoms in total. The first-order valence-electron chi connectivity index (χ1n) is 5.86. The zero-order valence-electron chi connectivity index (χ0n) is 10.6. The molecule has 0 saturated heterocycles. The van der Waals surface area contributed by atoms with Crippen LogP contribution in [0, 0.1) is 0 Å². The van der Waals surface area contributed by atoms with Crippen molar-refractivity contribution in [3.63, 3.8) is 0 Å². The van der Waals surface area contributed by atoms with Crippen molar-refractivity contribution in [2.45, 2.75) is 32.8 Å². The number of hydrogen-bond acceptors (Lipinski definition) is 3. The van der Waals surface area contributed by atoms with E-state index in [1.165, 1.54) is 6.92 Å². The maximum absolute atomic E-state index is 10.8. The third-order valence-electron chi connectivity index (χ3n) is 2.71. The van der Waals surface area contributed by atoms with Gasteiger partial charge < -0.3 is 14.2 Å². The maximum Gasteiger partial charge on any atom is 0.344 e. The van der Waals surface area contributed by atoms with E-state index in [0.29, 0.717) is 17.3 Å². The summed E-state index contributed by atoms with van der Waals surface area (Å²) in [6, 6.07) is 3.54. The Hall–Kier alpha value is -2.04. The number of aromatic nitrogens is 2. The second-order valence-corrected chi connectivity index (χ2v) is 4.52. The predicted molar refractivity (Wildman–Crippen MR) is 67.0 cm³/mol. The quantitative estimate of drug-likeness (QED) is 0.901. The molecule has 5 heteroatoms. The first-order chi connectivity index (χ1) is 8.49. The molecule has 96 valence electrons. The second-order valence-electron chi connectivity index (χ2n) is 4.52. The lowest BCUT2D eigenvalue weighted by atomic mass is 10.2. The molecule has 0 aliphatic rings. The Morgan fingerprint density at radius 3 is 2.78 bits per heavy atom. The van der Waals surface area contributed by atoms with E-state index >= 15 is 0 Å². The third-order valence-corrected chi connectivity index (χ3v) is 2.71. The minimum atomic E-state index is -0.993. The summed E-state index contributed by atoms with van der Waals surface area (Å²) in [5, 5.41) is 8.86. The molecular weight excluding hydrogens is 232 g/mol. The molecule has 0 spiro atoms. The van der Waals surface area contributed by atoms with E-state index in [0.717, 1.165) is 5.69 Å². The number of imidazole rings is 1. The van der Waals surface area contributed by atoms with Crippen LogP contribution in [0.25, 0.3) is 5.65 Å². The van der Waals surface area contributed by atoms with Gasteiger partial charge in [-0.1, -0.05) is 13.8 Å². The Kier molecular flexibility index (Phi) is 3.23. The van der Waals surface area contributed by atoms with Gasteiger partial charge in [-0.25, -0.2) is 9.78 Å². The van der Waals surface area contributed by atoms with E-state index in [1.807, 2.05) is 22.9 Å². The van der Waals surface area contributed by atoms with Crippen LogP contribution >= 0.6 is 0 Å². The predicted octanol–water partition coefficient (Wildman–Crippen LogP) is 2.31. The van der Waals surface area contributed by atoms with Gasteiger partial charge in [-0.05, 0) is 25.0 Å². The zero-order valence-corrected chi connectivity index (χ0v) is 10.6. The lowest BCUT2D eigenvalue weighted by Gasteiger charge is -2.10. The molecule has 0 amide bonds. The standard InChI is InChI=1S/C13H16N2O3/c1-8(2)10-7-15-6-4-5-11(12(15)14-10)18-9(3)13(16)17/h4-9H,1-3H3,(H,16,17). The van der Waals surface area contributed by atoms with Crippen LogP contribution in [-0.2, 0) is 4.79 Å². The van der Waals surface area contributed by atoms with Gasteiger partial charge in [-0.2, -0.15) is 0 Å². The van der Waals surface area contributed by atoms with Crippen molar-refractivity contribution < 1.29 is 14.6 Å². The molecule has 1 N–H and O–H groups in total. The number of pyridine rings is 1. The fourth-order valence-corrected chi connectivity index (χ4v) is 1.62. The van der Waals surface area contributed by atoms with Crippen LogP contribution in [0.4, 0.5) is 0 Å². The molecule has 0 bridgehead atoms. The Morgan fingerprint density at radius 1 is 1.44 bits per heavy atom. The highest BCUT2D eigenvalue weighted by Crippen LogP contribution is 2.23. The van der Waals surface area contributed by atoms with E-state index in [1.54, 1.807) is 6.07 Å². The van der Waals surface area contributed by atoms with Crippen LogP contribution in [0.1, 0.15) is 32.4 Å². The van der Waals surface area contributed by atoms with Gasteiger partial charge in [0.2, 0.25) is 0 Å². The van der Waals surface area contributed by atoms with Gasteiger partial charge in [0, 0.05) is 12.4 Å². The van der Waals surface area contributed by atoms with Crippen molar-refractivity contribution in [3.05, 3.63) is 30.2 Å². The molecule has 0 aromatic carbocycles. The van der Waals surface area contributed by atoms with Gasteiger partial charge in [0.15, 0.2) is 17.5 Å². The number of nitrogens with zero attached hydrogens (tertiary/aromatic N) is 2. The van der Waals surface area contributed by atoms with E-state index in [9.17, 15) is 4.79 Å². The van der Waals surface area contributed by atoms with Crippen molar-refractivity contribution in [3.8, 4) is 5.75 Å². The molecular formula is C13H16N2O3. The van der Waals surface area contributed by atoms with E-state index < -0.39 is 12.1 Å². The van der Waals surface area contributed by atoms with Crippen molar-refractivity contribution in [1.29, 1.82) is 0 Å². The highest BCUT2D eigenvalue weighted by Gasteiger charge is 2.16. The summed E-state index contributed by atoms with van der Waals surface area (Å²) in [7, 11) is 0. The molecule has 2 heterocycles. The molecule has 2 aromatic heterocycles. The number of carboxylic acid groups (broad SMARTS) is 1. The molecule has 2 rings (SSSR count). The summed E-state index contributed by atoms with van der Waals surface area (Å²) in [6.45, 7) is 5.61. The number of carbonyl (C=O) groups is 1. The average molecular weight is 248 g/mol. The molecule has 1 unspecified atom stereocenters. The Morgan fingerprint density at radius 2 is 2.17 bits per heavy atom. The molecule has 18 heavy (non-hydrogen) atoms. The van der Waals surface area contributed by atoms with Crippen molar-refractivity contribution in [2.75, 3.05) is 0 Å². The van der Waals surface area contributed by atoms with Crippen molar-refractivity contribution in [2.24, 2.45) is 0 Å². The van der Waals surface area contributed by atoms with Gasteiger partial charge in [0.05, 0.1) is 5.69 Å². The molecule has 0 aliphatic carbocycles. The summed E-state index contributed by atoms with van der Waals surface area (Å²) < 4.78 is 7.25. The SMILES string of the molecule is CC(Oc1cccn2cc(C(C)C)nc12)C(=O)O. The summed E-state index contributed by atoms with van der Waals surface area (Å²) in [5.41, 5.74) is 1.60. The molecule has 0 aliphatic heterocycles. The lowest BCUT2D eigenvalue weighted by Crippen LogP contribution is -2.23. The Balaban J connectivity index is 2.41. The molecule has 0 radical (unpaired) electrons. The number of hydrogen-bond donors (Lipinski definition) is 1.